The molecule has 2 nitrogen and oxygen atoms in total. The number of carbonyl (C=O) groups excluding carboxylic acids is 1. The average molecular weight is 162 g/mol. The van der Waals surface area contributed by atoms with E-state index in [0.717, 1.165) is 4.48 Å². The van der Waals surface area contributed by atoms with E-state index in [1.807, 2.05) is 0 Å². The van der Waals surface area contributed by atoms with E-state index in [0.29, 0.717) is 5.37 Å². The molecular formula is C7H16NOS+. The summed E-state index contributed by atoms with van der Waals surface area (Å²) in [7, 11) is 6.25. The van der Waals surface area contributed by atoms with E-state index < -0.39 is 0 Å². The Hall–Kier alpha value is -0.0200. The van der Waals surface area contributed by atoms with Crippen LogP contribution in [0.1, 0.15) is 13.8 Å². The van der Waals surface area contributed by atoms with Crippen LogP contribution in [0, 0.1) is 0 Å². The van der Waals surface area contributed by atoms with E-state index in [-0.39, 0.29) is 5.12 Å². The summed E-state index contributed by atoms with van der Waals surface area (Å²) < 4.78 is 0.824. The zero-order chi connectivity index (χ0) is 8.36. The molecule has 60 valence electrons. The Morgan fingerprint density at radius 2 is 1.80 bits per heavy atom. The molecule has 0 N–H and O–H groups in total. The third kappa shape index (κ3) is 3.90. The van der Waals surface area contributed by atoms with E-state index in [2.05, 4.69) is 28.1 Å². The van der Waals surface area contributed by atoms with Gasteiger partial charge in [0.2, 0.25) is 0 Å². The van der Waals surface area contributed by atoms with Gasteiger partial charge in [0.25, 0.3) is 0 Å². The Labute approximate surface area is 67.2 Å². The van der Waals surface area contributed by atoms with Crippen LogP contribution in [-0.4, -0.2) is 36.1 Å². The highest BCUT2D eigenvalue weighted by Crippen LogP contribution is 2.17. The molecule has 0 aromatic rings. The molecule has 0 rings (SSSR count). The summed E-state index contributed by atoms with van der Waals surface area (Å²) in [5, 5.41) is 0.540. The Bertz CT molecular complexity index is 128. The van der Waals surface area contributed by atoms with Crippen molar-refractivity contribution in [1.29, 1.82) is 0 Å². The molecule has 0 aliphatic heterocycles. The number of hydrogen-bond acceptors (Lipinski definition) is 2. The molecule has 0 aromatic heterocycles. The van der Waals surface area contributed by atoms with Crippen LogP contribution in [0.25, 0.3) is 0 Å². The summed E-state index contributed by atoms with van der Waals surface area (Å²) in [6, 6.07) is 0. The van der Waals surface area contributed by atoms with Crippen LogP contribution in [0.3, 0.4) is 0 Å². The van der Waals surface area contributed by atoms with Gasteiger partial charge < -0.3 is 4.48 Å². The molecule has 0 fully saturated rings. The van der Waals surface area contributed by atoms with Crippen molar-refractivity contribution in [2.75, 3.05) is 21.1 Å². The second kappa shape index (κ2) is 3.39. The van der Waals surface area contributed by atoms with Crippen LogP contribution < -0.4 is 0 Å². The largest absolute Gasteiger partial charge is 0.320 e. The van der Waals surface area contributed by atoms with Gasteiger partial charge >= 0.3 is 0 Å². The molecule has 0 spiro atoms. The highest BCUT2D eigenvalue weighted by atomic mass is 32.2. The van der Waals surface area contributed by atoms with Crippen molar-refractivity contribution in [3.8, 4) is 0 Å². The zero-order valence-corrected chi connectivity index (χ0v) is 8.16. The van der Waals surface area contributed by atoms with Crippen LogP contribution in [0.15, 0.2) is 0 Å². The smallest absolute Gasteiger partial charge is 0.191 e. The molecule has 1 atom stereocenters. The average Bonchev–Trinajstić information content (AvgIpc) is 1.60. The van der Waals surface area contributed by atoms with Gasteiger partial charge in [-0.3, -0.25) is 4.79 Å². The van der Waals surface area contributed by atoms with Crippen molar-refractivity contribution >= 4 is 16.9 Å². The van der Waals surface area contributed by atoms with Crippen molar-refractivity contribution in [3.63, 3.8) is 0 Å². The molecule has 0 saturated carbocycles. The minimum Gasteiger partial charge on any atom is -0.320 e. The van der Waals surface area contributed by atoms with Crippen LogP contribution in [-0.2, 0) is 4.79 Å². The number of hydrogen-bond donors (Lipinski definition) is 0. The monoisotopic (exact) mass is 162 g/mol. The van der Waals surface area contributed by atoms with Gasteiger partial charge in [0.1, 0.15) is 5.37 Å². The van der Waals surface area contributed by atoms with Gasteiger partial charge in [-0.25, -0.2) is 0 Å². The third-order valence-electron chi connectivity index (χ3n) is 1.43. The fourth-order valence-corrected chi connectivity index (χ4v) is 1.19. The van der Waals surface area contributed by atoms with Crippen molar-refractivity contribution in [2.24, 2.45) is 0 Å². The number of nitrogens with zero attached hydrogens (tertiary/aromatic N) is 1. The summed E-state index contributed by atoms with van der Waals surface area (Å²) in [6.45, 7) is 3.67. The van der Waals surface area contributed by atoms with Gasteiger partial charge in [-0.05, 0) is 18.7 Å². The lowest BCUT2D eigenvalue weighted by Gasteiger charge is -2.29. The molecule has 0 bridgehead atoms. The number of quaternary nitrogens is 1. The summed E-state index contributed by atoms with van der Waals surface area (Å²) in [5.41, 5.74) is 0. The normalized spacial score (nSPS) is 14.9. The van der Waals surface area contributed by atoms with Gasteiger partial charge in [-0.2, -0.15) is 0 Å². The lowest BCUT2D eigenvalue weighted by molar-refractivity contribution is -0.878. The molecule has 0 aliphatic carbocycles. The first-order valence-electron chi connectivity index (χ1n) is 3.32. The highest BCUT2D eigenvalue weighted by Gasteiger charge is 2.19. The van der Waals surface area contributed by atoms with Crippen LogP contribution in [0.5, 0.6) is 0 Å². The van der Waals surface area contributed by atoms with Gasteiger partial charge in [0.15, 0.2) is 5.12 Å². The van der Waals surface area contributed by atoms with Crippen molar-refractivity contribution < 1.29 is 9.28 Å². The maximum Gasteiger partial charge on any atom is 0.191 e. The predicted molar refractivity (Wildman–Crippen MR) is 45.8 cm³/mol. The number of thioether (sulfide) groups is 1. The first-order chi connectivity index (χ1) is 4.34. The van der Waals surface area contributed by atoms with Crippen LogP contribution in [0.4, 0.5) is 0 Å². The Morgan fingerprint density at radius 3 is 1.90 bits per heavy atom. The maximum absolute atomic E-state index is 10.7. The fourth-order valence-electron chi connectivity index (χ4n) is 0.398. The minimum absolute atomic E-state index is 0.195. The molecule has 0 aliphatic rings. The van der Waals surface area contributed by atoms with Crippen LogP contribution in [0.2, 0.25) is 0 Å². The first-order valence-corrected chi connectivity index (χ1v) is 4.20. The van der Waals surface area contributed by atoms with Crippen molar-refractivity contribution in [1.82, 2.24) is 0 Å². The second-order valence-corrected chi connectivity index (χ2v) is 4.82. The van der Waals surface area contributed by atoms with Gasteiger partial charge in [-0.1, -0.05) is 0 Å². The van der Waals surface area contributed by atoms with Crippen molar-refractivity contribution in [3.05, 3.63) is 0 Å². The summed E-state index contributed by atoms with van der Waals surface area (Å²) >= 11 is 1.39. The SMILES string of the molecule is CC(=O)SC(C)[N+](C)(C)C. The lowest BCUT2D eigenvalue weighted by Crippen LogP contribution is -2.41. The highest BCUT2D eigenvalue weighted by molar-refractivity contribution is 8.13. The second-order valence-electron chi connectivity index (χ2n) is 3.32. The zero-order valence-electron chi connectivity index (χ0n) is 7.34. The predicted octanol–water partition coefficient (Wildman–Crippen LogP) is 1.32. The molecule has 0 saturated heterocycles. The Morgan fingerprint density at radius 1 is 1.40 bits per heavy atom. The summed E-state index contributed by atoms with van der Waals surface area (Å²) in [4.78, 5) is 10.7. The molecule has 10 heavy (non-hydrogen) atoms. The Balaban J connectivity index is 3.85. The quantitative estimate of drug-likeness (QED) is 0.450. The standard InChI is InChI=1S/C7H16NOS/c1-6(8(3,4)5)10-7(2)9/h6H,1-5H3/q+1. The molecule has 0 heterocycles. The van der Waals surface area contributed by atoms with E-state index in [9.17, 15) is 4.79 Å². The summed E-state index contributed by atoms with van der Waals surface area (Å²) in [6.07, 6.45) is 0. The van der Waals surface area contributed by atoms with Crippen LogP contribution >= 0.6 is 11.8 Å². The molecule has 1 unspecified atom stereocenters. The summed E-state index contributed by atoms with van der Waals surface area (Å²) in [5.74, 6) is 0. The van der Waals surface area contributed by atoms with Gasteiger partial charge in [-0.15, -0.1) is 0 Å². The Kier molecular flexibility index (Phi) is 3.39. The number of rotatable bonds is 2. The third-order valence-corrected chi connectivity index (χ3v) is 2.73. The number of carbonyl (C=O) groups is 1. The molecule has 0 radical (unpaired) electrons. The van der Waals surface area contributed by atoms with E-state index in [1.54, 1.807) is 6.92 Å². The lowest BCUT2D eigenvalue weighted by atomic mass is 10.6. The van der Waals surface area contributed by atoms with E-state index in [4.69, 9.17) is 0 Å². The first kappa shape index (κ1) is 9.98. The van der Waals surface area contributed by atoms with Gasteiger partial charge in [0, 0.05) is 6.92 Å². The van der Waals surface area contributed by atoms with Gasteiger partial charge in [0.05, 0.1) is 21.1 Å². The minimum atomic E-state index is 0.195. The van der Waals surface area contributed by atoms with E-state index in [1.165, 1.54) is 11.8 Å². The van der Waals surface area contributed by atoms with E-state index >= 15 is 0 Å². The van der Waals surface area contributed by atoms with Crippen molar-refractivity contribution in [2.45, 2.75) is 19.2 Å². The fraction of sp³-hybridized carbons (Fsp3) is 0.857. The molecular weight excluding hydrogens is 146 g/mol. The topological polar surface area (TPSA) is 17.1 Å². The molecule has 0 aromatic carbocycles. The maximum atomic E-state index is 10.7. The molecule has 0 amide bonds. The molecule has 3 heteroatoms.